The third-order valence-electron chi connectivity index (χ3n) is 6.88. The average Bonchev–Trinajstić information content (AvgIpc) is 3.66. The molecule has 0 heterocycles. The molecule has 1 unspecified atom stereocenters. The van der Waals surface area contributed by atoms with Gasteiger partial charge in [0.15, 0.2) is 0 Å². The third kappa shape index (κ3) is 4.94. The monoisotopic (exact) mass is 474 g/mol. The summed E-state index contributed by atoms with van der Waals surface area (Å²) in [4.78, 5) is 13.3. The maximum absolute atomic E-state index is 13.3. The Morgan fingerprint density at radius 3 is 2.19 bits per heavy atom. The number of nitrogens with zero attached hydrogens (tertiary/aromatic N) is 1. The predicted octanol–water partition coefficient (Wildman–Crippen LogP) is 6.34. The van der Waals surface area contributed by atoms with Gasteiger partial charge in [-0.1, -0.05) is 102 Å². The molecule has 4 aromatic carbocycles. The van der Waals surface area contributed by atoms with Gasteiger partial charge in [-0.15, -0.1) is 0 Å². The summed E-state index contributed by atoms with van der Waals surface area (Å²) in [7, 11) is 0. The number of benzene rings is 4. The van der Waals surface area contributed by atoms with E-state index in [1.165, 1.54) is 22.3 Å². The minimum atomic E-state index is -0.325. The van der Waals surface area contributed by atoms with E-state index < -0.39 is 0 Å². The van der Waals surface area contributed by atoms with Crippen LogP contribution in [0.15, 0.2) is 108 Å². The van der Waals surface area contributed by atoms with Crippen LogP contribution in [0.2, 0.25) is 0 Å². The van der Waals surface area contributed by atoms with Crippen molar-refractivity contribution in [2.75, 3.05) is 0 Å². The molecular formula is C32H30N2O2. The van der Waals surface area contributed by atoms with Crippen LogP contribution in [0.5, 0.6) is 5.75 Å². The van der Waals surface area contributed by atoms with Gasteiger partial charge in [-0.25, -0.2) is 5.43 Å². The Morgan fingerprint density at radius 2 is 1.53 bits per heavy atom. The highest BCUT2D eigenvalue weighted by molar-refractivity contribution is 5.88. The second-order valence-corrected chi connectivity index (χ2v) is 9.51. The lowest BCUT2D eigenvalue weighted by Gasteiger charge is -2.20. The molecule has 1 aliphatic rings. The lowest BCUT2D eigenvalue weighted by molar-refractivity contribution is -0.122. The zero-order valence-corrected chi connectivity index (χ0v) is 20.6. The van der Waals surface area contributed by atoms with Gasteiger partial charge in [-0.05, 0) is 49.1 Å². The molecule has 5 rings (SSSR count). The first-order chi connectivity index (χ1) is 17.6. The predicted molar refractivity (Wildman–Crippen MR) is 144 cm³/mol. The van der Waals surface area contributed by atoms with E-state index in [0.717, 1.165) is 23.3 Å². The first kappa shape index (κ1) is 23.6. The quantitative estimate of drug-likeness (QED) is 0.239. The number of hydrogen-bond acceptors (Lipinski definition) is 3. The van der Waals surface area contributed by atoms with Crippen LogP contribution in [0, 0.1) is 19.8 Å². The zero-order valence-electron chi connectivity index (χ0n) is 20.6. The molecule has 4 heteroatoms. The standard InChI is InChI=1S/C32H30N2O2/c1-23-10-8-15-27(18-23)32(28-16-9-11-24(2)19-28)20-29(32)31(35)34-33-21-26-14-6-7-17-30(26)36-22-25-12-4-3-5-13-25/h3-19,21,29H,20,22H2,1-2H3,(H,34,35)/b33-21+. The summed E-state index contributed by atoms with van der Waals surface area (Å²) in [5.74, 6) is 0.472. The smallest absolute Gasteiger partial charge is 0.244 e. The van der Waals surface area contributed by atoms with Gasteiger partial charge in [-0.3, -0.25) is 4.79 Å². The molecule has 1 amide bonds. The van der Waals surface area contributed by atoms with Crippen molar-refractivity contribution in [3.8, 4) is 5.75 Å². The zero-order chi connectivity index (χ0) is 25.0. The van der Waals surface area contributed by atoms with E-state index in [4.69, 9.17) is 4.74 Å². The van der Waals surface area contributed by atoms with Crippen molar-refractivity contribution < 1.29 is 9.53 Å². The van der Waals surface area contributed by atoms with Crippen molar-refractivity contribution in [2.45, 2.75) is 32.3 Å². The molecule has 1 atom stereocenters. The Hall–Kier alpha value is -4.18. The van der Waals surface area contributed by atoms with Gasteiger partial charge >= 0.3 is 0 Å². The SMILES string of the molecule is Cc1cccc(C2(c3cccc(C)c3)CC2C(=O)N/N=C/c2ccccc2OCc2ccccc2)c1. The van der Waals surface area contributed by atoms with Gasteiger partial charge in [0.25, 0.3) is 0 Å². The molecule has 4 aromatic rings. The molecule has 4 nitrogen and oxygen atoms in total. The summed E-state index contributed by atoms with van der Waals surface area (Å²) in [5, 5.41) is 4.30. The summed E-state index contributed by atoms with van der Waals surface area (Å²) >= 11 is 0. The van der Waals surface area contributed by atoms with Crippen LogP contribution in [0.25, 0.3) is 0 Å². The molecule has 0 radical (unpaired) electrons. The van der Waals surface area contributed by atoms with E-state index in [2.05, 4.69) is 72.9 Å². The molecule has 0 aliphatic heterocycles. The normalized spacial score (nSPS) is 16.0. The summed E-state index contributed by atoms with van der Waals surface area (Å²) in [6.07, 6.45) is 2.42. The van der Waals surface area contributed by atoms with Crippen molar-refractivity contribution in [1.29, 1.82) is 0 Å². The van der Waals surface area contributed by atoms with Gasteiger partial charge in [0.2, 0.25) is 5.91 Å². The number of amides is 1. The molecule has 180 valence electrons. The second-order valence-electron chi connectivity index (χ2n) is 9.51. The van der Waals surface area contributed by atoms with Crippen LogP contribution < -0.4 is 10.2 Å². The van der Waals surface area contributed by atoms with Crippen LogP contribution in [-0.4, -0.2) is 12.1 Å². The highest BCUT2D eigenvalue weighted by atomic mass is 16.5. The molecule has 1 aliphatic carbocycles. The molecule has 0 saturated heterocycles. The first-order valence-corrected chi connectivity index (χ1v) is 12.3. The summed E-state index contributed by atoms with van der Waals surface area (Å²) < 4.78 is 6.01. The number of nitrogens with one attached hydrogen (secondary N) is 1. The van der Waals surface area contributed by atoms with Gasteiger partial charge < -0.3 is 4.74 Å². The van der Waals surface area contributed by atoms with Crippen molar-refractivity contribution >= 4 is 12.1 Å². The highest BCUT2D eigenvalue weighted by Crippen LogP contribution is 2.59. The maximum Gasteiger partial charge on any atom is 0.244 e. The molecule has 1 N–H and O–H groups in total. The number of carbonyl (C=O) groups excluding carboxylic acids is 1. The number of hydrazone groups is 1. The fourth-order valence-electron chi connectivity index (χ4n) is 4.93. The topological polar surface area (TPSA) is 50.7 Å². The Bertz CT molecular complexity index is 1350. The van der Waals surface area contributed by atoms with Crippen molar-refractivity contribution in [3.63, 3.8) is 0 Å². The fourth-order valence-corrected chi connectivity index (χ4v) is 4.93. The molecule has 0 aromatic heterocycles. The summed E-state index contributed by atoms with van der Waals surface area (Å²) in [6.45, 7) is 4.65. The van der Waals surface area contributed by atoms with Crippen molar-refractivity contribution in [2.24, 2.45) is 11.0 Å². The van der Waals surface area contributed by atoms with E-state index >= 15 is 0 Å². The van der Waals surface area contributed by atoms with E-state index in [0.29, 0.717) is 6.61 Å². The molecule has 0 bridgehead atoms. The van der Waals surface area contributed by atoms with Gasteiger partial charge in [-0.2, -0.15) is 5.10 Å². The van der Waals surface area contributed by atoms with Crippen LogP contribution in [0.4, 0.5) is 0 Å². The maximum atomic E-state index is 13.3. The Kier molecular flexibility index (Phi) is 6.68. The largest absolute Gasteiger partial charge is 0.488 e. The minimum absolute atomic E-state index is 0.0723. The lowest BCUT2D eigenvalue weighted by Crippen LogP contribution is -2.25. The molecule has 36 heavy (non-hydrogen) atoms. The molecule has 1 fully saturated rings. The highest BCUT2D eigenvalue weighted by Gasteiger charge is 2.60. The molecular weight excluding hydrogens is 444 g/mol. The molecule has 0 spiro atoms. The second kappa shape index (κ2) is 10.2. The van der Waals surface area contributed by atoms with E-state index in [-0.39, 0.29) is 17.2 Å². The van der Waals surface area contributed by atoms with Gasteiger partial charge in [0.1, 0.15) is 12.4 Å². The number of ether oxygens (including phenoxy) is 1. The number of aryl methyl sites for hydroxylation is 2. The van der Waals surface area contributed by atoms with Gasteiger partial charge in [0, 0.05) is 11.0 Å². The fraction of sp³-hybridized carbons (Fsp3) is 0.188. The summed E-state index contributed by atoms with van der Waals surface area (Å²) in [5.41, 5.74) is 9.11. The molecule has 1 saturated carbocycles. The van der Waals surface area contributed by atoms with Crippen LogP contribution in [-0.2, 0) is 16.8 Å². The lowest BCUT2D eigenvalue weighted by atomic mass is 9.84. The van der Waals surface area contributed by atoms with Crippen molar-refractivity contribution in [1.82, 2.24) is 5.43 Å². The number of carbonyl (C=O) groups is 1. The van der Waals surface area contributed by atoms with Crippen LogP contribution in [0.1, 0.15) is 39.8 Å². The van der Waals surface area contributed by atoms with Crippen LogP contribution >= 0.6 is 0 Å². The number of hydrogen-bond donors (Lipinski definition) is 1. The van der Waals surface area contributed by atoms with Gasteiger partial charge in [0.05, 0.1) is 12.1 Å². The summed E-state index contributed by atoms with van der Waals surface area (Å²) in [6, 6.07) is 34.7. The minimum Gasteiger partial charge on any atom is -0.488 e. The van der Waals surface area contributed by atoms with E-state index in [9.17, 15) is 4.79 Å². The Balaban J connectivity index is 1.31. The number of para-hydroxylation sites is 1. The van der Waals surface area contributed by atoms with E-state index in [1.807, 2.05) is 54.6 Å². The average molecular weight is 475 g/mol. The van der Waals surface area contributed by atoms with Crippen molar-refractivity contribution in [3.05, 3.63) is 137 Å². The van der Waals surface area contributed by atoms with E-state index in [1.54, 1.807) is 6.21 Å². The third-order valence-corrected chi connectivity index (χ3v) is 6.88. The van der Waals surface area contributed by atoms with Crippen LogP contribution in [0.3, 0.4) is 0 Å². The Labute approximate surface area is 212 Å². The first-order valence-electron chi connectivity index (χ1n) is 12.3. The number of rotatable bonds is 8. The Morgan fingerprint density at radius 1 is 0.889 bits per heavy atom.